The van der Waals surface area contributed by atoms with E-state index in [0.717, 1.165) is 11.1 Å². The van der Waals surface area contributed by atoms with Crippen LogP contribution in [0.25, 0.3) is 0 Å². The number of cyclic esters (lactones) is 1. The van der Waals surface area contributed by atoms with Crippen LogP contribution in [-0.4, -0.2) is 19.7 Å². The Hall–Kier alpha value is -1.55. The molecule has 0 radical (unpaired) electrons. The number of hydrogen-bond acceptors (Lipinski definition) is 4. The smallest absolute Gasteiger partial charge is 0.341 e. The topological polar surface area (TPSA) is 44.8 Å². The highest BCUT2D eigenvalue weighted by Crippen LogP contribution is 2.36. The van der Waals surface area contributed by atoms with Gasteiger partial charge in [-0.25, -0.2) is 4.79 Å². The molecule has 1 heterocycles. The zero-order chi connectivity index (χ0) is 11.7. The van der Waals surface area contributed by atoms with E-state index in [0.29, 0.717) is 17.9 Å². The third kappa shape index (κ3) is 1.55. The number of hydrogen-bond donors (Lipinski definition) is 0. The van der Waals surface area contributed by atoms with Crippen molar-refractivity contribution >= 4 is 5.97 Å². The van der Waals surface area contributed by atoms with E-state index in [2.05, 4.69) is 0 Å². The number of carbonyl (C=O) groups excluding carboxylic acids is 1. The molecule has 1 aromatic carbocycles. The van der Waals surface area contributed by atoms with Crippen LogP contribution < -0.4 is 4.74 Å². The molecule has 86 valence electrons. The van der Waals surface area contributed by atoms with Crippen LogP contribution in [0.5, 0.6) is 5.75 Å². The van der Waals surface area contributed by atoms with Crippen LogP contribution in [0, 0.1) is 6.92 Å². The monoisotopic (exact) mass is 222 g/mol. The lowest BCUT2D eigenvalue weighted by Gasteiger charge is -2.10. The molecule has 1 aliphatic rings. The SMILES string of the molecule is CCOC1OC(=O)c2c1ccc(OC)c2C. The Bertz CT molecular complexity index is 425. The maximum absolute atomic E-state index is 11.7. The predicted octanol–water partition coefficient (Wildman–Crippen LogP) is 2.21. The van der Waals surface area contributed by atoms with Crippen LogP contribution >= 0.6 is 0 Å². The summed E-state index contributed by atoms with van der Waals surface area (Å²) >= 11 is 0. The van der Waals surface area contributed by atoms with Crippen molar-refractivity contribution in [2.24, 2.45) is 0 Å². The van der Waals surface area contributed by atoms with Crippen molar-refractivity contribution in [3.8, 4) is 5.75 Å². The molecular weight excluding hydrogens is 208 g/mol. The Morgan fingerprint density at radius 3 is 2.81 bits per heavy atom. The summed E-state index contributed by atoms with van der Waals surface area (Å²) in [4.78, 5) is 11.7. The Morgan fingerprint density at radius 1 is 1.44 bits per heavy atom. The van der Waals surface area contributed by atoms with E-state index in [4.69, 9.17) is 14.2 Å². The quantitative estimate of drug-likeness (QED) is 0.735. The number of ether oxygens (including phenoxy) is 3. The highest BCUT2D eigenvalue weighted by molar-refractivity contribution is 5.96. The summed E-state index contributed by atoms with van der Waals surface area (Å²) in [6.45, 7) is 4.21. The van der Waals surface area contributed by atoms with E-state index in [1.54, 1.807) is 7.11 Å². The van der Waals surface area contributed by atoms with Crippen molar-refractivity contribution < 1.29 is 19.0 Å². The lowest BCUT2D eigenvalue weighted by atomic mass is 10.0. The second-order valence-corrected chi connectivity index (χ2v) is 3.55. The summed E-state index contributed by atoms with van der Waals surface area (Å²) in [6, 6.07) is 3.63. The molecule has 0 saturated carbocycles. The van der Waals surface area contributed by atoms with Crippen molar-refractivity contribution in [1.82, 2.24) is 0 Å². The zero-order valence-electron chi connectivity index (χ0n) is 9.57. The van der Waals surface area contributed by atoms with Gasteiger partial charge in [0.15, 0.2) is 0 Å². The number of fused-ring (bicyclic) bond motifs is 1. The van der Waals surface area contributed by atoms with Crippen LogP contribution in [0.2, 0.25) is 0 Å². The maximum Gasteiger partial charge on any atom is 0.341 e. The van der Waals surface area contributed by atoms with Crippen LogP contribution in [0.3, 0.4) is 0 Å². The maximum atomic E-state index is 11.7. The lowest BCUT2D eigenvalue weighted by Crippen LogP contribution is -2.03. The number of rotatable bonds is 3. The minimum Gasteiger partial charge on any atom is -0.496 e. The van der Waals surface area contributed by atoms with E-state index in [-0.39, 0.29) is 5.97 Å². The molecule has 0 saturated heterocycles. The van der Waals surface area contributed by atoms with Gasteiger partial charge in [-0.05, 0) is 26.0 Å². The summed E-state index contributed by atoms with van der Waals surface area (Å²) in [7, 11) is 1.58. The van der Waals surface area contributed by atoms with Crippen molar-refractivity contribution in [2.75, 3.05) is 13.7 Å². The fraction of sp³-hybridized carbons (Fsp3) is 0.417. The summed E-state index contributed by atoms with van der Waals surface area (Å²) in [5, 5.41) is 0. The lowest BCUT2D eigenvalue weighted by molar-refractivity contribution is -0.0993. The number of carbonyl (C=O) groups is 1. The van der Waals surface area contributed by atoms with Crippen molar-refractivity contribution in [3.05, 3.63) is 28.8 Å². The minimum absolute atomic E-state index is 0.343. The van der Waals surface area contributed by atoms with E-state index in [1.165, 1.54) is 0 Å². The third-order valence-electron chi connectivity index (χ3n) is 2.66. The summed E-state index contributed by atoms with van der Waals surface area (Å²) < 4.78 is 15.6. The van der Waals surface area contributed by atoms with Gasteiger partial charge in [0.25, 0.3) is 0 Å². The molecule has 4 nitrogen and oxygen atoms in total. The molecule has 1 aromatic rings. The van der Waals surface area contributed by atoms with Gasteiger partial charge in [0.05, 0.1) is 12.7 Å². The Balaban J connectivity index is 2.48. The Morgan fingerprint density at radius 2 is 2.19 bits per heavy atom. The van der Waals surface area contributed by atoms with Gasteiger partial charge in [-0.2, -0.15) is 0 Å². The molecule has 1 atom stereocenters. The second-order valence-electron chi connectivity index (χ2n) is 3.55. The number of benzene rings is 1. The van der Waals surface area contributed by atoms with Crippen molar-refractivity contribution in [2.45, 2.75) is 20.1 Å². The van der Waals surface area contributed by atoms with Crippen LogP contribution in [0.1, 0.15) is 34.7 Å². The van der Waals surface area contributed by atoms with Gasteiger partial charge in [-0.1, -0.05) is 0 Å². The molecular formula is C12H14O4. The van der Waals surface area contributed by atoms with Crippen LogP contribution in [0.4, 0.5) is 0 Å². The zero-order valence-corrected chi connectivity index (χ0v) is 9.57. The van der Waals surface area contributed by atoms with Gasteiger partial charge in [-0.3, -0.25) is 0 Å². The highest BCUT2D eigenvalue weighted by atomic mass is 16.7. The summed E-state index contributed by atoms with van der Waals surface area (Å²) in [6.07, 6.45) is -0.572. The van der Waals surface area contributed by atoms with E-state index < -0.39 is 6.29 Å². The number of esters is 1. The average molecular weight is 222 g/mol. The molecule has 0 aromatic heterocycles. The van der Waals surface area contributed by atoms with Crippen LogP contribution in [-0.2, 0) is 9.47 Å². The molecule has 0 amide bonds. The standard InChI is InChI=1S/C12H14O4/c1-4-15-12-8-5-6-9(14-3)7(2)10(8)11(13)16-12/h5-6,12H,4H2,1-3H3. The first-order chi connectivity index (χ1) is 7.69. The summed E-state index contributed by atoms with van der Waals surface area (Å²) in [5.74, 6) is 0.345. The Labute approximate surface area is 94.1 Å². The van der Waals surface area contributed by atoms with Gasteiger partial charge in [0, 0.05) is 17.7 Å². The van der Waals surface area contributed by atoms with Gasteiger partial charge in [0.1, 0.15) is 5.75 Å². The Kier molecular flexibility index (Phi) is 2.83. The van der Waals surface area contributed by atoms with E-state index >= 15 is 0 Å². The third-order valence-corrected chi connectivity index (χ3v) is 2.66. The van der Waals surface area contributed by atoms with Gasteiger partial charge >= 0.3 is 5.97 Å². The largest absolute Gasteiger partial charge is 0.496 e. The molecule has 2 rings (SSSR count). The molecule has 1 unspecified atom stereocenters. The van der Waals surface area contributed by atoms with E-state index in [9.17, 15) is 4.79 Å². The van der Waals surface area contributed by atoms with E-state index in [1.807, 2.05) is 26.0 Å². The highest BCUT2D eigenvalue weighted by Gasteiger charge is 2.33. The molecule has 0 spiro atoms. The molecule has 4 heteroatoms. The van der Waals surface area contributed by atoms with Crippen molar-refractivity contribution in [1.29, 1.82) is 0 Å². The van der Waals surface area contributed by atoms with Gasteiger partial charge in [-0.15, -0.1) is 0 Å². The number of methoxy groups -OCH3 is 1. The first-order valence-electron chi connectivity index (χ1n) is 5.19. The first kappa shape index (κ1) is 11.0. The average Bonchev–Trinajstić information content (AvgIpc) is 2.58. The normalized spacial score (nSPS) is 18.2. The predicted molar refractivity (Wildman–Crippen MR) is 57.5 cm³/mol. The summed E-state index contributed by atoms with van der Waals surface area (Å²) in [5.41, 5.74) is 2.15. The fourth-order valence-corrected chi connectivity index (χ4v) is 1.90. The minimum atomic E-state index is -0.572. The second kappa shape index (κ2) is 4.14. The molecule has 0 bridgehead atoms. The molecule has 0 N–H and O–H groups in total. The van der Waals surface area contributed by atoms with Gasteiger partial charge in [0.2, 0.25) is 6.29 Å². The molecule has 0 fully saturated rings. The molecule has 1 aliphatic heterocycles. The molecule has 0 aliphatic carbocycles. The van der Waals surface area contributed by atoms with Crippen molar-refractivity contribution in [3.63, 3.8) is 0 Å². The molecule has 16 heavy (non-hydrogen) atoms. The van der Waals surface area contributed by atoms with Gasteiger partial charge < -0.3 is 14.2 Å². The first-order valence-corrected chi connectivity index (χ1v) is 5.19. The van der Waals surface area contributed by atoms with Crippen LogP contribution in [0.15, 0.2) is 12.1 Å². The fourth-order valence-electron chi connectivity index (χ4n) is 1.90.